The number of anilines is 1. The molecule has 0 unspecified atom stereocenters. The fourth-order valence-corrected chi connectivity index (χ4v) is 5.14. The predicted octanol–water partition coefficient (Wildman–Crippen LogP) is 4.66. The van der Waals surface area contributed by atoms with E-state index in [0.29, 0.717) is 31.1 Å². The predicted molar refractivity (Wildman–Crippen MR) is 126 cm³/mol. The smallest absolute Gasteiger partial charge is 0.243 e. The van der Waals surface area contributed by atoms with Gasteiger partial charge in [-0.2, -0.15) is 4.31 Å². The van der Waals surface area contributed by atoms with Crippen LogP contribution in [0.5, 0.6) is 5.75 Å². The molecule has 172 valence electrons. The van der Waals surface area contributed by atoms with E-state index in [1.807, 2.05) is 32.9 Å². The Morgan fingerprint density at radius 3 is 2.47 bits per heavy atom. The number of hydrogen-bond acceptors (Lipinski definition) is 5. The number of sulfonamides is 1. The minimum absolute atomic E-state index is 0.0914. The molecule has 0 bridgehead atoms. The van der Waals surface area contributed by atoms with Crippen molar-refractivity contribution >= 4 is 32.6 Å². The van der Waals surface area contributed by atoms with Gasteiger partial charge in [-0.05, 0) is 50.1 Å². The Hall–Kier alpha value is -2.84. The van der Waals surface area contributed by atoms with Crippen molar-refractivity contribution in [1.82, 2.24) is 4.31 Å². The maximum atomic E-state index is 12.9. The van der Waals surface area contributed by atoms with Crippen molar-refractivity contribution < 1.29 is 22.4 Å². The molecule has 3 aromatic rings. The van der Waals surface area contributed by atoms with Crippen LogP contribution in [0.4, 0.5) is 5.69 Å². The van der Waals surface area contributed by atoms with E-state index in [-0.39, 0.29) is 17.2 Å². The minimum Gasteiger partial charge on any atom is -0.492 e. The molecule has 0 aliphatic rings. The Bertz CT molecular complexity index is 1230. The first-order valence-electron chi connectivity index (χ1n) is 10.8. The summed E-state index contributed by atoms with van der Waals surface area (Å²) < 4.78 is 38.5. The highest BCUT2D eigenvalue weighted by Crippen LogP contribution is 2.31. The van der Waals surface area contributed by atoms with Gasteiger partial charge in [0, 0.05) is 24.0 Å². The second-order valence-electron chi connectivity index (χ2n) is 7.55. The molecule has 0 spiro atoms. The van der Waals surface area contributed by atoms with E-state index < -0.39 is 10.0 Å². The molecule has 1 N–H and O–H groups in total. The van der Waals surface area contributed by atoms with Gasteiger partial charge in [-0.1, -0.05) is 26.0 Å². The third-order valence-corrected chi connectivity index (χ3v) is 7.61. The number of amides is 1. The summed E-state index contributed by atoms with van der Waals surface area (Å²) in [6.07, 6.45) is 1.69. The molecule has 1 aromatic heterocycles. The first-order chi connectivity index (χ1) is 15.2. The van der Waals surface area contributed by atoms with Crippen molar-refractivity contribution in [2.24, 2.45) is 0 Å². The van der Waals surface area contributed by atoms with Crippen molar-refractivity contribution in [2.75, 3.05) is 25.0 Å². The lowest BCUT2D eigenvalue weighted by Crippen LogP contribution is -2.30. The molecular weight excluding hydrogens is 428 g/mol. The number of benzene rings is 2. The number of fused-ring (bicyclic) bond motifs is 1. The number of ether oxygens (including phenoxy) is 1. The van der Waals surface area contributed by atoms with Crippen LogP contribution in [0, 0.1) is 13.8 Å². The van der Waals surface area contributed by atoms with Crippen LogP contribution in [-0.4, -0.2) is 38.3 Å². The summed E-state index contributed by atoms with van der Waals surface area (Å²) in [7, 11) is -3.67. The molecule has 0 radical (unpaired) electrons. The van der Waals surface area contributed by atoms with Gasteiger partial charge in [-0.15, -0.1) is 0 Å². The molecule has 7 nitrogen and oxygen atoms in total. The van der Waals surface area contributed by atoms with Crippen LogP contribution in [0.15, 0.2) is 45.9 Å². The summed E-state index contributed by atoms with van der Waals surface area (Å²) in [4.78, 5) is 13.0. The maximum absolute atomic E-state index is 12.9. The maximum Gasteiger partial charge on any atom is 0.243 e. The van der Waals surface area contributed by atoms with Crippen LogP contribution in [-0.2, 0) is 21.2 Å². The first kappa shape index (κ1) is 23.8. The fourth-order valence-electron chi connectivity index (χ4n) is 3.65. The first-order valence-corrected chi connectivity index (χ1v) is 12.2. The number of carbonyl (C=O) groups excluding carboxylic acids is 1. The highest BCUT2D eigenvalue weighted by Gasteiger charge is 2.23. The van der Waals surface area contributed by atoms with Gasteiger partial charge in [-0.3, -0.25) is 4.79 Å². The molecule has 1 amide bonds. The zero-order valence-corrected chi connectivity index (χ0v) is 20.0. The Labute approximate surface area is 189 Å². The van der Waals surface area contributed by atoms with Gasteiger partial charge in [-0.25, -0.2) is 8.42 Å². The Morgan fingerprint density at radius 1 is 1.09 bits per heavy atom. The zero-order chi connectivity index (χ0) is 23.5. The molecule has 0 aliphatic carbocycles. The molecule has 0 saturated carbocycles. The number of aryl methyl sites for hydroxylation is 2. The quantitative estimate of drug-likeness (QED) is 0.504. The van der Waals surface area contributed by atoms with Gasteiger partial charge < -0.3 is 14.5 Å². The number of hydrogen-bond donors (Lipinski definition) is 1. The van der Waals surface area contributed by atoms with Gasteiger partial charge >= 0.3 is 0 Å². The van der Waals surface area contributed by atoms with E-state index in [1.54, 1.807) is 26.2 Å². The van der Waals surface area contributed by atoms with Gasteiger partial charge in [0.1, 0.15) is 11.3 Å². The molecule has 32 heavy (non-hydrogen) atoms. The molecule has 8 heteroatoms. The van der Waals surface area contributed by atoms with Crippen molar-refractivity contribution in [3.8, 4) is 5.75 Å². The van der Waals surface area contributed by atoms with Crippen molar-refractivity contribution in [3.05, 3.63) is 53.3 Å². The number of rotatable bonds is 9. The Balaban J connectivity index is 1.90. The Kier molecular flexibility index (Phi) is 7.26. The zero-order valence-electron chi connectivity index (χ0n) is 19.2. The largest absolute Gasteiger partial charge is 0.492 e. The molecule has 3 rings (SSSR count). The monoisotopic (exact) mass is 458 g/mol. The lowest BCUT2D eigenvalue weighted by Gasteiger charge is -2.20. The lowest BCUT2D eigenvalue weighted by molar-refractivity contribution is -0.115. The van der Waals surface area contributed by atoms with Gasteiger partial charge in [0.2, 0.25) is 15.9 Å². The van der Waals surface area contributed by atoms with Gasteiger partial charge in [0.05, 0.1) is 29.9 Å². The molecule has 2 aromatic carbocycles. The topological polar surface area (TPSA) is 88.9 Å². The van der Waals surface area contributed by atoms with E-state index in [4.69, 9.17) is 9.15 Å². The van der Waals surface area contributed by atoms with Crippen molar-refractivity contribution in [3.63, 3.8) is 0 Å². The summed E-state index contributed by atoms with van der Waals surface area (Å²) in [6.45, 7) is 10.5. The Morgan fingerprint density at radius 2 is 1.81 bits per heavy atom. The molecule has 0 fully saturated rings. The van der Waals surface area contributed by atoms with E-state index >= 15 is 0 Å². The third kappa shape index (κ3) is 4.66. The fraction of sp³-hybridized carbons (Fsp3) is 0.375. The van der Waals surface area contributed by atoms with Crippen LogP contribution in [0.3, 0.4) is 0 Å². The molecule has 1 heterocycles. The lowest BCUT2D eigenvalue weighted by atomic mass is 10.0. The van der Waals surface area contributed by atoms with E-state index in [2.05, 4.69) is 5.32 Å². The summed E-state index contributed by atoms with van der Waals surface area (Å²) >= 11 is 0. The van der Waals surface area contributed by atoms with Crippen molar-refractivity contribution in [1.29, 1.82) is 0 Å². The highest BCUT2D eigenvalue weighted by atomic mass is 32.2. The van der Waals surface area contributed by atoms with Crippen LogP contribution in [0.1, 0.15) is 37.5 Å². The van der Waals surface area contributed by atoms with Crippen LogP contribution in [0.2, 0.25) is 0 Å². The number of carbonyl (C=O) groups is 1. The van der Waals surface area contributed by atoms with Gasteiger partial charge in [0.25, 0.3) is 0 Å². The summed E-state index contributed by atoms with van der Waals surface area (Å²) in [5, 5.41) is 3.72. The highest BCUT2D eigenvalue weighted by molar-refractivity contribution is 7.89. The SMILES string of the molecule is CCOc1ccc(S(=O)(=O)N(CC)CC)cc1NC(=O)Cc1coc2c(C)c(C)ccc12. The third-order valence-electron chi connectivity index (χ3n) is 5.56. The normalized spacial score (nSPS) is 11.8. The number of nitrogens with one attached hydrogen (secondary N) is 1. The molecule has 0 atom stereocenters. The second kappa shape index (κ2) is 9.75. The van der Waals surface area contributed by atoms with Crippen LogP contribution < -0.4 is 10.1 Å². The summed E-state index contributed by atoms with van der Waals surface area (Å²) in [5.41, 5.74) is 4.03. The summed E-state index contributed by atoms with van der Waals surface area (Å²) in [6, 6.07) is 8.49. The molecule has 0 aliphatic heterocycles. The second-order valence-corrected chi connectivity index (χ2v) is 9.49. The molecular formula is C24H30N2O5S. The average Bonchev–Trinajstić information content (AvgIpc) is 3.16. The standard InChI is InChI=1S/C24H30N2O5S/c1-6-26(7-2)32(28,29)19-10-12-22(30-8-3)21(14-19)25-23(27)13-18-15-31-24-17(5)16(4)9-11-20(18)24/h9-12,14-15H,6-8,13H2,1-5H3,(H,25,27). The van der Waals surface area contributed by atoms with Crippen LogP contribution >= 0.6 is 0 Å². The van der Waals surface area contributed by atoms with E-state index in [1.165, 1.54) is 16.4 Å². The number of nitrogens with zero attached hydrogens (tertiary/aromatic N) is 1. The van der Waals surface area contributed by atoms with Gasteiger partial charge in [0.15, 0.2) is 0 Å². The summed E-state index contributed by atoms with van der Waals surface area (Å²) in [5.74, 6) is 0.132. The van der Waals surface area contributed by atoms with E-state index in [0.717, 1.165) is 27.7 Å². The average molecular weight is 459 g/mol. The van der Waals surface area contributed by atoms with Crippen LogP contribution in [0.25, 0.3) is 11.0 Å². The van der Waals surface area contributed by atoms with E-state index in [9.17, 15) is 13.2 Å². The minimum atomic E-state index is -3.67. The number of furan rings is 1. The van der Waals surface area contributed by atoms with Crippen molar-refractivity contribution in [2.45, 2.75) is 45.9 Å². The molecule has 0 saturated heterocycles.